The lowest BCUT2D eigenvalue weighted by Gasteiger charge is -2.42. The van der Waals surface area contributed by atoms with Crippen molar-refractivity contribution >= 4 is 30.3 Å². The molecular weight excluding hydrogens is 387 g/mol. The van der Waals surface area contributed by atoms with Gasteiger partial charge < -0.3 is 19.5 Å². The molecule has 0 aliphatic carbocycles. The maximum atomic E-state index is 9.14. The Balaban J connectivity index is 1.60. The second-order valence-electron chi connectivity index (χ2n) is 8.70. The van der Waals surface area contributed by atoms with Crippen LogP contribution in [0.25, 0.3) is 11.0 Å². The van der Waals surface area contributed by atoms with Gasteiger partial charge in [-0.05, 0) is 44.0 Å². The Labute approximate surface area is 183 Å². The lowest BCUT2D eigenvalue weighted by atomic mass is 9.92. The van der Waals surface area contributed by atoms with Gasteiger partial charge in [-0.2, -0.15) is 5.26 Å². The maximum Gasteiger partial charge on any atom is 0.207 e. The third-order valence-corrected chi connectivity index (χ3v) is 6.51. The van der Waals surface area contributed by atoms with Crippen molar-refractivity contribution in [2.45, 2.75) is 38.5 Å². The topological polar surface area (TPSA) is 79.0 Å². The lowest BCUT2D eigenvalue weighted by Crippen LogP contribution is -2.58. The number of pyridine rings is 1. The number of fused-ring (bicyclic) bond motifs is 2. The number of aromatic nitrogens is 3. The van der Waals surface area contributed by atoms with Crippen LogP contribution in [0.1, 0.15) is 36.2 Å². The van der Waals surface area contributed by atoms with Gasteiger partial charge in [0.2, 0.25) is 5.95 Å². The smallest absolute Gasteiger partial charge is 0.207 e. The lowest BCUT2D eigenvalue weighted by molar-refractivity contribution is -0.0137. The minimum Gasteiger partial charge on any atom is -0.375 e. The van der Waals surface area contributed by atoms with Crippen LogP contribution in [0.5, 0.6) is 0 Å². The largest absolute Gasteiger partial charge is 0.375 e. The van der Waals surface area contributed by atoms with Crippen molar-refractivity contribution < 1.29 is 4.74 Å². The van der Waals surface area contributed by atoms with E-state index in [1.54, 1.807) is 6.20 Å². The number of morpholine rings is 1. The highest BCUT2D eigenvalue weighted by Gasteiger charge is 2.34. The number of hydrogen-bond acceptors (Lipinski definition) is 6. The molecule has 2 fully saturated rings. The van der Waals surface area contributed by atoms with E-state index in [1.165, 1.54) is 11.0 Å². The van der Waals surface area contributed by atoms with Gasteiger partial charge in [0.25, 0.3) is 0 Å². The first-order valence-corrected chi connectivity index (χ1v) is 11.0. The summed E-state index contributed by atoms with van der Waals surface area (Å²) in [6.45, 7) is 7.75. The number of nitriles is 1. The number of hydrogen-bond donors (Lipinski definition) is 1. The highest BCUT2D eigenvalue weighted by Crippen LogP contribution is 2.31. The summed E-state index contributed by atoms with van der Waals surface area (Å²) in [5.41, 5.74) is 6.09. The summed E-state index contributed by atoms with van der Waals surface area (Å²) in [6.07, 6.45) is 2.92. The number of aryl methyl sites for hydroxylation is 1. The minimum absolute atomic E-state index is 0.0116. The fourth-order valence-corrected chi connectivity index (χ4v) is 5.00. The van der Waals surface area contributed by atoms with E-state index in [4.69, 9.17) is 15.0 Å². The van der Waals surface area contributed by atoms with Gasteiger partial charge in [0.15, 0.2) is 0 Å². The molecule has 2 saturated heterocycles. The zero-order valence-corrected chi connectivity index (χ0v) is 18.3. The van der Waals surface area contributed by atoms with Crippen LogP contribution >= 0.6 is 0 Å². The molecule has 2 unspecified atom stereocenters. The third kappa shape index (κ3) is 3.58. The molecule has 1 aromatic carbocycles. The van der Waals surface area contributed by atoms with E-state index in [2.05, 4.69) is 59.7 Å². The summed E-state index contributed by atoms with van der Waals surface area (Å²) in [6, 6.07) is 10.6. The molecule has 0 saturated carbocycles. The minimum atomic E-state index is -0.0116. The standard InChI is InChI=1S/C23H27BN6O/c1-14-9-17(24)22-19(10-14)28-23(29-7-5-21-20(13-29)26-6-8-31-21)30(22)15(2)18-4-3-16(11-25)12-27-18/h3-4,9-10,12,15,20-21,26H,5-8,13,24H2,1-2H3/t15?,20?,21-/m0/s1. The highest BCUT2D eigenvalue weighted by atomic mass is 16.5. The Hall–Kier alpha value is -2.89. The van der Waals surface area contributed by atoms with E-state index in [0.717, 1.165) is 55.3 Å². The summed E-state index contributed by atoms with van der Waals surface area (Å²) >= 11 is 0. The molecule has 2 aliphatic heterocycles. The quantitative estimate of drug-likeness (QED) is 0.646. The van der Waals surface area contributed by atoms with E-state index in [1.807, 2.05) is 12.1 Å². The summed E-state index contributed by atoms with van der Waals surface area (Å²) in [7, 11) is 2.15. The fourth-order valence-electron chi connectivity index (χ4n) is 5.00. The fraction of sp³-hybridized carbons (Fsp3) is 0.435. The first-order chi connectivity index (χ1) is 15.0. The van der Waals surface area contributed by atoms with Gasteiger partial charge in [-0.15, -0.1) is 0 Å². The van der Waals surface area contributed by atoms with Crippen LogP contribution in [0, 0.1) is 18.3 Å². The van der Waals surface area contributed by atoms with Crippen LogP contribution in [-0.2, 0) is 4.74 Å². The van der Waals surface area contributed by atoms with Crippen molar-refractivity contribution in [3.8, 4) is 6.07 Å². The molecular formula is C23H27BN6O. The van der Waals surface area contributed by atoms with Crippen LogP contribution in [0.15, 0.2) is 30.5 Å². The highest BCUT2D eigenvalue weighted by molar-refractivity contribution is 6.38. The molecule has 0 amide bonds. The van der Waals surface area contributed by atoms with Gasteiger partial charge in [-0.3, -0.25) is 4.98 Å². The van der Waals surface area contributed by atoms with Crippen molar-refractivity contribution in [3.05, 3.63) is 47.3 Å². The Morgan fingerprint density at radius 1 is 1.35 bits per heavy atom. The monoisotopic (exact) mass is 414 g/mol. The molecule has 158 valence electrons. The van der Waals surface area contributed by atoms with Crippen LogP contribution in [-0.4, -0.2) is 60.8 Å². The third-order valence-electron chi connectivity index (χ3n) is 6.51. The molecule has 8 heteroatoms. The van der Waals surface area contributed by atoms with E-state index < -0.39 is 0 Å². The first kappa shape index (κ1) is 20.0. The van der Waals surface area contributed by atoms with Crippen molar-refractivity contribution in [2.24, 2.45) is 0 Å². The van der Waals surface area contributed by atoms with Gasteiger partial charge in [0, 0.05) is 25.8 Å². The molecule has 1 N–H and O–H groups in total. The molecule has 3 atom stereocenters. The van der Waals surface area contributed by atoms with Crippen LogP contribution in [0.2, 0.25) is 0 Å². The van der Waals surface area contributed by atoms with Gasteiger partial charge in [-0.25, -0.2) is 4.98 Å². The number of piperidine rings is 1. The summed E-state index contributed by atoms with van der Waals surface area (Å²) in [4.78, 5) is 12.1. The average Bonchev–Trinajstić information content (AvgIpc) is 3.18. The first-order valence-electron chi connectivity index (χ1n) is 11.0. The second-order valence-corrected chi connectivity index (χ2v) is 8.70. The molecule has 2 aromatic heterocycles. The number of benzene rings is 1. The Morgan fingerprint density at radius 3 is 3.00 bits per heavy atom. The zero-order valence-electron chi connectivity index (χ0n) is 18.3. The normalized spacial score (nSPS) is 22.2. The Kier molecular flexibility index (Phi) is 5.16. The molecule has 2 aliphatic rings. The number of imidazole rings is 1. The molecule has 4 heterocycles. The molecule has 5 rings (SSSR count). The van der Waals surface area contributed by atoms with Crippen molar-refractivity contribution in [1.29, 1.82) is 5.26 Å². The number of anilines is 1. The molecule has 0 bridgehead atoms. The number of ether oxygens (including phenoxy) is 1. The van der Waals surface area contributed by atoms with Crippen LogP contribution in [0.4, 0.5) is 5.95 Å². The van der Waals surface area contributed by atoms with E-state index in [0.29, 0.717) is 11.6 Å². The van der Waals surface area contributed by atoms with Crippen molar-refractivity contribution in [2.75, 3.05) is 31.1 Å². The molecule has 0 spiro atoms. The second kappa shape index (κ2) is 7.99. The number of rotatable bonds is 3. The van der Waals surface area contributed by atoms with E-state index in [9.17, 15) is 0 Å². The Bertz CT molecular complexity index is 1150. The van der Waals surface area contributed by atoms with Crippen LogP contribution < -0.4 is 15.7 Å². The van der Waals surface area contributed by atoms with Gasteiger partial charge in [-0.1, -0.05) is 11.5 Å². The Morgan fingerprint density at radius 2 is 2.23 bits per heavy atom. The predicted molar refractivity (Wildman–Crippen MR) is 124 cm³/mol. The maximum absolute atomic E-state index is 9.14. The summed E-state index contributed by atoms with van der Waals surface area (Å²) in [5, 5.41) is 12.8. The molecule has 0 radical (unpaired) electrons. The number of nitrogens with zero attached hydrogens (tertiary/aromatic N) is 5. The van der Waals surface area contributed by atoms with Gasteiger partial charge >= 0.3 is 0 Å². The van der Waals surface area contributed by atoms with Crippen molar-refractivity contribution in [1.82, 2.24) is 19.9 Å². The summed E-state index contributed by atoms with van der Waals surface area (Å²) < 4.78 is 8.30. The van der Waals surface area contributed by atoms with Gasteiger partial charge in [0.05, 0.1) is 47.1 Å². The molecule has 7 nitrogen and oxygen atoms in total. The van der Waals surface area contributed by atoms with Crippen molar-refractivity contribution in [3.63, 3.8) is 0 Å². The van der Waals surface area contributed by atoms with E-state index in [-0.39, 0.29) is 12.1 Å². The average molecular weight is 414 g/mol. The molecule has 31 heavy (non-hydrogen) atoms. The number of nitrogens with one attached hydrogen (secondary N) is 1. The predicted octanol–water partition coefficient (Wildman–Crippen LogP) is 1.05. The summed E-state index contributed by atoms with van der Waals surface area (Å²) in [5.74, 6) is 0.980. The van der Waals surface area contributed by atoms with Gasteiger partial charge in [0.1, 0.15) is 13.9 Å². The van der Waals surface area contributed by atoms with Crippen LogP contribution in [0.3, 0.4) is 0 Å². The SMILES string of the molecule is Bc1cc(C)cc2nc(N3CC[C@@H]4OCCNC4C3)n(C(C)c3ccc(C#N)cn3)c12. The zero-order chi connectivity index (χ0) is 21.5. The molecule has 3 aromatic rings. The van der Waals surface area contributed by atoms with E-state index >= 15 is 0 Å².